The first-order valence-corrected chi connectivity index (χ1v) is 6.91. The molecule has 0 saturated carbocycles. The molecule has 1 aromatic carbocycles. The first kappa shape index (κ1) is 16.1. The van der Waals surface area contributed by atoms with E-state index in [1.165, 1.54) is 24.3 Å². The number of benzene rings is 1. The molecule has 0 radical (unpaired) electrons. The third kappa shape index (κ3) is 5.82. The van der Waals surface area contributed by atoms with Crippen LogP contribution in [-0.4, -0.2) is 25.1 Å². The van der Waals surface area contributed by atoms with E-state index in [4.69, 9.17) is 4.74 Å². The van der Waals surface area contributed by atoms with E-state index in [0.717, 1.165) is 19.3 Å². The number of aliphatic imine (C=N–C) groups is 1. The summed E-state index contributed by atoms with van der Waals surface area (Å²) in [7, 11) is 0. The van der Waals surface area contributed by atoms with Gasteiger partial charge in [-0.25, -0.2) is 9.38 Å². The Morgan fingerprint density at radius 3 is 2.55 bits per heavy atom. The molecular formula is C15H21FN2O2. The van der Waals surface area contributed by atoms with Crippen molar-refractivity contribution in [2.24, 2.45) is 4.99 Å². The molecular weight excluding hydrogens is 259 g/mol. The smallest absolute Gasteiger partial charge is 0.291 e. The fraction of sp³-hybridized carbons (Fsp3) is 0.467. The molecule has 0 aliphatic heterocycles. The van der Waals surface area contributed by atoms with Crippen molar-refractivity contribution in [3.8, 4) is 0 Å². The molecule has 110 valence electrons. The molecule has 1 amide bonds. The Bertz CT molecular complexity index is 444. The number of ether oxygens (including phenoxy) is 1. The van der Waals surface area contributed by atoms with E-state index in [-0.39, 0.29) is 17.7 Å². The number of carbonyl (C=O) groups excluding carboxylic acids is 1. The van der Waals surface area contributed by atoms with Crippen molar-refractivity contribution < 1.29 is 13.9 Å². The van der Waals surface area contributed by atoms with Crippen LogP contribution in [0.15, 0.2) is 29.3 Å². The zero-order chi connectivity index (χ0) is 14.8. The molecule has 1 rings (SSSR count). The number of hydrogen-bond acceptors (Lipinski definition) is 3. The van der Waals surface area contributed by atoms with Crippen molar-refractivity contribution in [1.82, 2.24) is 5.32 Å². The van der Waals surface area contributed by atoms with Crippen LogP contribution in [-0.2, 0) is 4.74 Å². The molecule has 0 fully saturated rings. The maximum Gasteiger partial charge on any atom is 0.291 e. The zero-order valence-corrected chi connectivity index (χ0v) is 12.0. The van der Waals surface area contributed by atoms with Gasteiger partial charge in [0.1, 0.15) is 5.82 Å². The van der Waals surface area contributed by atoms with E-state index in [0.29, 0.717) is 18.7 Å². The molecule has 5 heteroatoms. The summed E-state index contributed by atoms with van der Waals surface area (Å²) in [4.78, 5) is 16.2. The van der Waals surface area contributed by atoms with Crippen LogP contribution in [0.3, 0.4) is 0 Å². The van der Waals surface area contributed by atoms with Crippen molar-refractivity contribution in [3.05, 3.63) is 35.6 Å². The number of nitrogens with one attached hydrogen (secondary N) is 1. The van der Waals surface area contributed by atoms with Gasteiger partial charge in [0.25, 0.3) is 11.9 Å². The zero-order valence-electron chi connectivity index (χ0n) is 12.0. The second-order valence-electron chi connectivity index (χ2n) is 4.29. The monoisotopic (exact) mass is 280 g/mol. The van der Waals surface area contributed by atoms with Gasteiger partial charge < -0.3 is 4.74 Å². The average molecular weight is 280 g/mol. The van der Waals surface area contributed by atoms with Crippen molar-refractivity contribution in [1.29, 1.82) is 0 Å². The predicted octanol–water partition coefficient (Wildman–Crippen LogP) is 3.14. The van der Waals surface area contributed by atoms with Gasteiger partial charge in [-0.3, -0.25) is 10.1 Å². The number of rotatable bonds is 6. The molecule has 1 N–H and O–H groups in total. The number of halogens is 1. The number of hydrogen-bond donors (Lipinski definition) is 1. The van der Waals surface area contributed by atoms with Crippen molar-refractivity contribution in [3.63, 3.8) is 0 Å². The van der Waals surface area contributed by atoms with Crippen molar-refractivity contribution in [2.45, 2.75) is 33.1 Å². The second kappa shape index (κ2) is 9.07. The van der Waals surface area contributed by atoms with Crippen LogP contribution >= 0.6 is 0 Å². The van der Waals surface area contributed by atoms with E-state index in [1.807, 2.05) is 6.92 Å². The van der Waals surface area contributed by atoms with Crippen molar-refractivity contribution >= 4 is 11.9 Å². The van der Waals surface area contributed by atoms with Gasteiger partial charge in [0, 0.05) is 12.1 Å². The molecule has 20 heavy (non-hydrogen) atoms. The van der Waals surface area contributed by atoms with Gasteiger partial charge in [-0.15, -0.1) is 0 Å². The number of unbranched alkanes of at least 4 members (excludes halogenated alkanes) is 2. The molecule has 0 aliphatic rings. The summed E-state index contributed by atoms with van der Waals surface area (Å²) < 4.78 is 18.1. The minimum Gasteiger partial charge on any atom is -0.465 e. The lowest BCUT2D eigenvalue weighted by Gasteiger charge is -2.09. The third-order valence-electron chi connectivity index (χ3n) is 2.63. The fourth-order valence-corrected chi connectivity index (χ4v) is 1.57. The summed E-state index contributed by atoms with van der Waals surface area (Å²) >= 11 is 0. The number of carbonyl (C=O) groups is 1. The lowest BCUT2D eigenvalue weighted by molar-refractivity contribution is 0.0966. The molecule has 0 atom stereocenters. The van der Waals surface area contributed by atoms with Crippen LogP contribution in [0.1, 0.15) is 43.5 Å². The highest BCUT2D eigenvalue weighted by atomic mass is 19.1. The highest BCUT2D eigenvalue weighted by molar-refractivity contribution is 6.04. The van der Waals surface area contributed by atoms with Crippen LogP contribution in [0.4, 0.5) is 4.39 Å². The number of amides is 1. The molecule has 0 unspecified atom stereocenters. The summed E-state index contributed by atoms with van der Waals surface area (Å²) in [6, 6.07) is 5.55. The molecule has 0 saturated heterocycles. The highest BCUT2D eigenvalue weighted by Crippen LogP contribution is 2.02. The minimum atomic E-state index is -0.375. The van der Waals surface area contributed by atoms with Crippen LogP contribution in [0.25, 0.3) is 0 Å². The third-order valence-corrected chi connectivity index (χ3v) is 2.63. The SMILES string of the molecule is CCCCCN=C(NC(=O)c1ccc(F)cc1)OCC. The summed E-state index contributed by atoms with van der Waals surface area (Å²) in [6.07, 6.45) is 3.16. The first-order chi connectivity index (χ1) is 9.67. The summed E-state index contributed by atoms with van der Waals surface area (Å²) in [5.74, 6) is -0.729. The minimum absolute atomic E-state index is 0.220. The van der Waals surface area contributed by atoms with Crippen LogP contribution in [0.2, 0.25) is 0 Å². The predicted molar refractivity (Wildman–Crippen MR) is 77.3 cm³/mol. The Morgan fingerprint density at radius 2 is 1.95 bits per heavy atom. The van der Waals surface area contributed by atoms with Gasteiger partial charge in [0.05, 0.1) is 6.61 Å². The maximum absolute atomic E-state index is 12.8. The lowest BCUT2D eigenvalue weighted by atomic mass is 10.2. The molecule has 0 bridgehead atoms. The summed E-state index contributed by atoms with van der Waals surface area (Å²) in [5.41, 5.74) is 0.368. The molecule has 1 aromatic rings. The van der Waals surface area contributed by atoms with E-state index >= 15 is 0 Å². The van der Waals surface area contributed by atoms with Crippen LogP contribution in [0.5, 0.6) is 0 Å². The number of amidine groups is 1. The van der Waals surface area contributed by atoms with Crippen LogP contribution < -0.4 is 5.32 Å². The Morgan fingerprint density at radius 1 is 1.25 bits per heavy atom. The quantitative estimate of drug-likeness (QED) is 0.494. The van der Waals surface area contributed by atoms with E-state index in [2.05, 4.69) is 17.2 Å². The average Bonchev–Trinajstić information content (AvgIpc) is 2.44. The van der Waals surface area contributed by atoms with Gasteiger partial charge in [0.15, 0.2) is 0 Å². The normalized spacial score (nSPS) is 11.2. The Labute approximate surface area is 119 Å². The van der Waals surface area contributed by atoms with Crippen LogP contribution in [0, 0.1) is 5.82 Å². The van der Waals surface area contributed by atoms with Gasteiger partial charge in [-0.2, -0.15) is 0 Å². The fourth-order valence-electron chi connectivity index (χ4n) is 1.57. The number of nitrogens with zero attached hydrogens (tertiary/aromatic N) is 1. The second-order valence-corrected chi connectivity index (χ2v) is 4.29. The van der Waals surface area contributed by atoms with Gasteiger partial charge in [-0.05, 0) is 37.6 Å². The highest BCUT2D eigenvalue weighted by Gasteiger charge is 2.09. The Hall–Kier alpha value is -1.91. The standard InChI is InChI=1S/C15H21FN2O2/c1-3-5-6-11-17-15(20-4-2)18-14(19)12-7-9-13(16)10-8-12/h7-10H,3-6,11H2,1-2H3,(H,17,18,19). The van der Waals surface area contributed by atoms with Gasteiger partial charge >= 0.3 is 0 Å². The Balaban J connectivity index is 2.60. The largest absolute Gasteiger partial charge is 0.465 e. The van der Waals surface area contributed by atoms with E-state index in [9.17, 15) is 9.18 Å². The molecule has 0 heterocycles. The van der Waals surface area contributed by atoms with Gasteiger partial charge in [0.2, 0.25) is 0 Å². The molecule has 0 spiro atoms. The lowest BCUT2D eigenvalue weighted by Crippen LogP contribution is -2.32. The molecule has 0 aliphatic carbocycles. The first-order valence-electron chi connectivity index (χ1n) is 6.91. The molecule has 0 aromatic heterocycles. The van der Waals surface area contributed by atoms with E-state index < -0.39 is 0 Å². The van der Waals surface area contributed by atoms with E-state index in [1.54, 1.807) is 0 Å². The summed E-state index contributed by atoms with van der Waals surface area (Å²) in [5, 5.41) is 2.60. The Kier molecular flexibility index (Phi) is 7.32. The summed E-state index contributed by atoms with van der Waals surface area (Å²) in [6.45, 7) is 4.98. The molecule has 4 nitrogen and oxygen atoms in total. The van der Waals surface area contributed by atoms with Gasteiger partial charge in [-0.1, -0.05) is 19.8 Å². The maximum atomic E-state index is 12.8. The topological polar surface area (TPSA) is 50.7 Å². The van der Waals surface area contributed by atoms with Crippen molar-refractivity contribution in [2.75, 3.05) is 13.2 Å².